The second-order valence-corrected chi connectivity index (χ2v) is 7.74. The summed E-state index contributed by atoms with van der Waals surface area (Å²) in [5, 5.41) is 3.73. The van der Waals surface area contributed by atoms with Gasteiger partial charge < -0.3 is 14.8 Å². The maximum atomic E-state index is 12.6. The molecule has 0 aliphatic heterocycles. The first-order chi connectivity index (χ1) is 15.5. The maximum absolute atomic E-state index is 12.6. The number of amides is 1. The Morgan fingerprint density at radius 1 is 0.969 bits per heavy atom. The summed E-state index contributed by atoms with van der Waals surface area (Å²) in [6.45, 7) is 4.58. The molecule has 0 bridgehead atoms. The molecule has 0 radical (unpaired) electrons. The minimum atomic E-state index is -0.164. The van der Waals surface area contributed by atoms with E-state index in [1.165, 1.54) is 6.08 Å². The number of aryl methyl sites for hydroxylation is 2. The third kappa shape index (κ3) is 6.14. The lowest BCUT2D eigenvalue weighted by atomic mass is 10.0. The van der Waals surface area contributed by atoms with E-state index >= 15 is 0 Å². The highest BCUT2D eigenvalue weighted by molar-refractivity contribution is 6.30. The molecule has 166 valence electrons. The van der Waals surface area contributed by atoms with Crippen molar-refractivity contribution in [1.82, 2.24) is 0 Å². The summed E-state index contributed by atoms with van der Waals surface area (Å²) < 4.78 is 11.4. The molecule has 0 unspecified atom stereocenters. The van der Waals surface area contributed by atoms with Crippen molar-refractivity contribution in [2.24, 2.45) is 0 Å². The zero-order valence-corrected chi connectivity index (χ0v) is 19.4. The van der Waals surface area contributed by atoms with E-state index in [9.17, 15) is 4.79 Å². The van der Waals surface area contributed by atoms with E-state index in [0.29, 0.717) is 23.1 Å². The zero-order valence-electron chi connectivity index (χ0n) is 18.7. The molecule has 0 heterocycles. The van der Waals surface area contributed by atoms with Gasteiger partial charge in [0.15, 0.2) is 11.5 Å². The van der Waals surface area contributed by atoms with Crippen LogP contribution in [-0.4, -0.2) is 13.0 Å². The molecule has 3 aromatic rings. The van der Waals surface area contributed by atoms with Crippen LogP contribution in [0.4, 0.5) is 5.69 Å². The number of anilines is 1. The van der Waals surface area contributed by atoms with Crippen LogP contribution in [0.5, 0.6) is 11.5 Å². The van der Waals surface area contributed by atoms with E-state index in [1.54, 1.807) is 13.2 Å². The molecule has 3 aromatic carbocycles. The highest BCUT2D eigenvalue weighted by Gasteiger charge is 2.09. The molecule has 0 saturated carbocycles. The Kier molecular flexibility index (Phi) is 8.34. The van der Waals surface area contributed by atoms with Crippen LogP contribution < -0.4 is 14.8 Å². The van der Waals surface area contributed by atoms with Crippen LogP contribution in [0.15, 0.2) is 66.7 Å². The van der Waals surface area contributed by atoms with Gasteiger partial charge >= 0.3 is 0 Å². The second kappa shape index (κ2) is 11.4. The predicted octanol–water partition coefficient (Wildman–Crippen LogP) is 6.70. The molecule has 0 atom stereocenters. The molecule has 1 amide bonds. The summed E-state index contributed by atoms with van der Waals surface area (Å²) in [6.07, 6.45) is 5.03. The van der Waals surface area contributed by atoms with Crippen LogP contribution >= 0.6 is 11.6 Å². The topological polar surface area (TPSA) is 47.6 Å². The quantitative estimate of drug-likeness (QED) is 0.369. The molecule has 3 rings (SSSR count). The molecule has 0 fully saturated rings. The van der Waals surface area contributed by atoms with Gasteiger partial charge in [-0.15, -0.1) is 0 Å². The Hall–Kier alpha value is -3.24. The lowest BCUT2D eigenvalue weighted by Crippen LogP contribution is -2.11. The average Bonchev–Trinajstić information content (AvgIpc) is 2.82. The normalized spacial score (nSPS) is 10.9. The van der Waals surface area contributed by atoms with Crippen LogP contribution in [0.25, 0.3) is 6.08 Å². The summed E-state index contributed by atoms with van der Waals surface area (Å²) in [5.41, 5.74) is 5.03. The van der Waals surface area contributed by atoms with Crippen molar-refractivity contribution in [1.29, 1.82) is 0 Å². The third-order valence-electron chi connectivity index (χ3n) is 5.17. The summed E-state index contributed by atoms with van der Waals surface area (Å²) in [5.74, 6) is 1.07. The van der Waals surface area contributed by atoms with Crippen molar-refractivity contribution >= 4 is 29.3 Å². The molecule has 0 aromatic heterocycles. The fourth-order valence-corrected chi connectivity index (χ4v) is 3.51. The number of rotatable bonds is 9. The van der Waals surface area contributed by atoms with Crippen molar-refractivity contribution in [3.8, 4) is 11.5 Å². The van der Waals surface area contributed by atoms with Gasteiger partial charge in [0.05, 0.1) is 7.11 Å². The Morgan fingerprint density at radius 2 is 1.66 bits per heavy atom. The molecule has 0 aliphatic carbocycles. The van der Waals surface area contributed by atoms with E-state index < -0.39 is 0 Å². The number of hydrogen-bond acceptors (Lipinski definition) is 3. The molecule has 4 nitrogen and oxygen atoms in total. The second-order valence-electron chi connectivity index (χ2n) is 7.31. The molecule has 0 saturated heterocycles. The number of methoxy groups -OCH3 is 1. The fraction of sp³-hybridized carbons (Fsp3) is 0.222. The van der Waals surface area contributed by atoms with Crippen LogP contribution in [0, 0.1) is 0 Å². The summed E-state index contributed by atoms with van der Waals surface area (Å²) in [4.78, 5) is 12.6. The van der Waals surface area contributed by atoms with E-state index in [4.69, 9.17) is 21.1 Å². The highest BCUT2D eigenvalue weighted by atomic mass is 35.5. The Balaban J connectivity index is 1.68. The molecular weight excluding hydrogens is 422 g/mol. The average molecular weight is 450 g/mol. The van der Waals surface area contributed by atoms with Gasteiger partial charge in [-0.2, -0.15) is 0 Å². The van der Waals surface area contributed by atoms with Crippen molar-refractivity contribution in [3.05, 3.63) is 94.0 Å². The molecule has 1 N–H and O–H groups in total. The van der Waals surface area contributed by atoms with Crippen LogP contribution in [0.3, 0.4) is 0 Å². The van der Waals surface area contributed by atoms with Crippen molar-refractivity contribution in [2.45, 2.75) is 33.3 Å². The molecule has 0 spiro atoms. The van der Waals surface area contributed by atoms with Crippen molar-refractivity contribution < 1.29 is 14.3 Å². The van der Waals surface area contributed by atoms with Crippen LogP contribution in [0.2, 0.25) is 5.02 Å². The number of halogens is 1. The van der Waals surface area contributed by atoms with Gasteiger partial charge in [-0.25, -0.2) is 0 Å². The minimum Gasteiger partial charge on any atom is -0.493 e. The molecule has 5 heteroatoms. The van der Waals surface area contributed by atoms with Gasteiger partial charge in [0.2, 0.25) is 5.91 Å². The first kappa shape index (κ1) is 23.4. The van der Waals surface area contributed by atoms with E-state index in [2.05, 4.69) is 19.2 Å². The van der Waals surface area contributed by atoms with E-state index in [1.807, 2.05) is 60.7 Å². The van der Waals surface area contributed by atoms with E-state index in [-0.39, 0.29) is 5.91 Å². The first-order valence-electron chi connectivity index (χ1n) is 10.7. The number of hydrogen-bond donors (Lipinski definition) is 1. The smallest absolute Gasteiger partial charge is 0.248 e. The Morgan fingerprint density at radius 3 is 2.28 bits per heavy atom. The van der Waals surface area contributed by atoms with Crippen molar-refractivity contribution in [2.75, 3.05) is 12.4 Å². The van der Waals surface area contributed by atoms with Crippen LogP contribution in [-0.2, 0) is 24.2 Å². The van der Waals surface area contributed by atoms with Gasteiger partial charge in [0, 0.05) is 16.8 Å². The monoisotopic (exact) mass is 449 g/mol. The van der Waals surface area contributed by atoms with Gasteiger partial charge in [-0.05, 0) is 65.4 Å². The number of benzene rings is 3. The Bertz CT molecular complexity index is 1070. The van der Waals surface area contributed by atoms with Crippen LogP contribution in [0.1, 0.15) is 36.1 Å². The zero-order chi connectivity index (χ0) is 22.9. The number of carbonyl (C=O) groups excluding carboxylic acids is 1. The number of ether oxygens (including phenoxy) is 2. The lowest BCUT2D eigenvalue weighted by molar-refractivity contribution is -0.111. The standard InChI is InChI=1S/C27H28ClNO3/c1-4-21-7-6-8-22(5-2)27(21)29-26(30)16-12-19-11-15-24(25(17-19)31-3)32-18-20-9-13-23(28)14-10-20/h6-17H,4-5,18H2,1-3H3,(H,29,30)/b16-12+. The molecule has 32 heavy (non-hydrogen) atoms. The third-order valence-corrected chi connectivity index (χ3v) is 5.42. The number of carbonyl (C=O) groups is 1. The van der Waals surface area contributed by atoms with Gasteiger partial charge in [-0.1, -0.05) is 61.8 Å². The number of nitrogens with one attached hydrogen (secondary N) is 1. The Labute approximate surface area is 194 Å². The SMILES string of the molecule is CCc1cccc(CC)c1NC(=O)/C=C/c1ccc(OCc2ccc(Cl)cc2)c(OC)c1. The number of para-hydroxylation sites is 1. The molecule has 0 aliphatic rings. The summed E-state index contributed by atoms with van der Waals surface area (Å²) in [7, 11) is 1.60. The van der Waals surface area contributed by atoms with Gasteiger partial charge in [0.1, 0.15) is 6.61 Å². The van der Waals surface area contributed by atoms with Gasteiger partial charge in [0.25, 0.3) is 0 Å². The van der Waals surface area contributed by atoms with E-state index in [0.717, 1.165) is 40.8 Å². The van der Waals surface area contributed by atoms with Crippen molar-refractivity contribution in [3.63, 3.8) is 0 Å². The lowest BCUT2D eigenvalue weighted by Gasteiger charge is -2.13. The highest BCUT2D eigenvalue weighted by Crippen LogP contribution is 2.29. The predicted molar refractivity (Wildman–Crippen MR) is 132 cm³/mol. The maximum Gasteiger partial charge on any atom is 0.248 e. The van der Waals surface area contributed by atoms with Gasteiger partial charge in [-0.3, -0.25) is 4.79 Å². The fourth-order valence-electron chi connectivity index (χ4n) is 3.39. The minimum absolute atomic E-state index is 0.164. The summed E-state index contributed by atoms with van der Waals surface area (Å²) in [6, 6.07) is 19.2. The first-order valence-corrected chi connectivity index (χ1v) is 11.1. The summed E-state index contributed by atoms with van der Waals surface area (Å²) >= 11 is 5.93. The largest absolute Gasteiger partial charge is 0.493 e. The molecular formula is C27H28ClNO3.